The SMILES string of the molecule is c1cc(OCCCn2ccnc2)cc(-c2nc3ccccc3[nH]2)c1. The second kappa shape index (κ2) is 6.58. The summed E-state index contributed by atoms with van der Waals surface area (Å²) in [5, 5.41) is 0. The highest BCUT2D eigenvalue weighted by Gasteiger charge is 2.06. The van der Waals surface area contributed by atoms with Gasteiger partial charge in [0.25, 0.3) is 0 Å². The molecule has 0 saturated heterocycles. The van der Waals surface area contributed by atoms with Crippen LogP contribution in [0.4, 0.5) is 0 Å². The number of benzene rings is 2. The van der Waals surface area contributed by atoms with Gasteiger partial charge < -0.3 is 14.3 Å². The van der Waals surface area contributed by atoms with Gasteiger partial charge in [0, 0.05) is 24.5 Å². The number of rotatable bonds is 6. The van der Waals surface area contributed by atoms with Crippen LogP contribution >= 0.6 is 0 Å². The van der Waals surface area contributed by atoms with Gasteiger partial charge in [0.1, 0.15) is 11.6 Å². The van der Waals surface area contributed by atoms with Gasteiger partial charge in [-0.15, -0.1) is 0 Å². The lowest BCUT2D eigenvalue weighted by molar-refractivity contribution is 0.302. The molecule has 2 heterocycles. The molecule has 0 aliphatic heterocycles. The van der Waals surface area contributed by atoms with Crippen molar-refractivity contribution in [2.75, 3.05) is 6.61 Å². The van der Waals surface area contributed by atoms with Gasteiger partial charge >= 0.3 is 0 Å². The van der Waals surface area contributed by atoms with Crippen molar-refractivity contribution >= 4 is 11.0 Å². The van der Waals surface area contributed by atoms with Crippen LogP contribution in [0.1, 0.15) is 6.42 Å². The Morgan fingerprint density at radius 3 is 2.92 bits per heavy atom. The van der Waals surface area contributed by atoms with E-state index in [9.17, 15) is 0 Å². The van der Waals surface area contributed by atoms with Gasteiger partial charge in [0.15, 0.2) is 0 Å². The van der Waals surface area contributed by atoms with E-state index in [0.29, 0.717) is 6.61 Å². The number of aryl methyl sites for hydroxylation is 1. The molecule has 0 saturated carbocycles. The summed E-state index contributed by atoms with van der Waals surface area (Å²) in [6.45, 7) is 1.57. The van der Waals surface area contributed by atoms with E-state index in [1.165, 1.54) is 0 Å². The molecule has 0 atom stereocenters. The second-order valence-electron chi connectivity index (χ2n) is 5.63. The summed E-state index contributed by atoms with van der Waals surface area (Å²) in [6.07, 6.45) is 6.51. The Morgan fingerprint density at radius 1 is 1.08 bits per heavy atom. The molecule has 24 heavy (non-hydrogen) atoms. The molecule has 0 fully saturated rings. The van der Waals surface area contributed by atoms with Crippen molar-refractivity contribution in [2.24, 2.45) is 0 Å². The minimum absolute atomic E-state index is 0.668. The third kappa shape index (κ3) is 3.15. The Morgan fingerprint density at radius 2 is 2.04 bits per heavy atom. The maximum Gasteiger partial charge on any atom is 0.138 e. The van der Waals surface area contributed by atoms with E-state index in [1.54, 1.807) is 6.20 Å². The highest BCUT2D eigenvalue weighted by atomic mass is 16.5. The highest BCUT2D eigenvalue weighted by molar-refractivity contribution is 5.79. The molecule has 0 aliphatic rings. The van der Waals surface area contributed by atoms with Crippen LogP contribution in [-0.2, 0) is 6.54 Å². The number of fused-ring (bicyclic) bond motifs is 1. The topological polar surface area (TPSA) is 55.7 Å². The molecule has 4 rings (SSSR count). The smallest absolute Gasteiger partial charge is 0.138 e. The molecule has 0 amide bonds. The maximum atomic E-state index is 5.87. The number of aromatic amines is 1. The van der Waals surface area contributed by atoms with Crippen LogP contribution < -0.4 is 4.74 Å². The van der Waals surface area contributed by atoms with Gasteiger partial charge in [-0.25, -0.2) is 9.97 Å². The first kappa shape index (κ1) is 14.5. The van der Waals surface area contributed by atoms with Crippen molar-refractivity contribution in [3.8, 4) is 17.1 Å². The number of hydrogen-bond acceptors (Lipinski definition) is 3. The fraction of sp³-hybridized carbons (Fsp3) is 0.158. The number of nitrogens with one attached hydrogen (secondary N) is 1. The predicted molar refractivity (Wildman–Crippen MR) is 93.9 cm³/mol. The Bertz CT molecular complexity index is 894. The second-order valence-corrected chi connectivity index (χ2v) is 5.63. The van der Waals surface area contributed by atoms with Gasteiger partial charge in [0.2, 0.25) is 0 Å². The maximum absolute atomic E-state index is 5.87. The lowest BCUT2D eigenvalue weighted by atomic mass is 10.2. The van der Waals surface area contributed by atoms with E-state index in [0.717, 1.165) is 41.1 Å². The van der Waals surface area contributed by atoms with E-state index in [1.807, 2.05) is 65.6 Å². The molecule has 2 aromatic carbocycles. The van der Waals surface area contributed by atoms with Crippen LogP contribution in [-0.4, -0.2) is 26.1 Å². The first-order valence-electron chi connectivity index (χ1n) is 8.02. The van der Waals surface area contributed by atoms with Crippen LogP contribution in [0.25, 0.3) is 22.4 Å². The van der Waals surface area contributed by atoms with Crippen molar-refractivity contribution < 1.29 is 4.74 Å². The zero-order chi connectivity index (χ0) is 16.2. The monoisotopic (exact) mass is 318 g/mol. The van der Waals surface area contributed by atoms with E-state index in [2.05, 4.69) is 15.0 Å². The van der Waals surface area contributed by atoms with E-state index in [4.69, 9.17) is 4.74 Å². The van der Waals surface area contributed by atoms with Crippen LogP contribution in [0.15, 0.2) is 67.3 Å². The number of hydrogen-bond donors (Lipinski definition) is 1. The van der Waals surface area contributed by atoms with Gasteiger partial charge in [0.05, 0.1) is 24.0 Å². The third-order valence-electron chi connectivity index (χ3n) is 3.89. The molecule has 4 aromatic rings. The zero-order valence-electron chi connectivity index (χ0n) is 13.2. The molecule has 1 N–H and O–H groups in total. The molecular formula is C19H18N4O. The summed E-state index contributed by atoms with van der Waals surface area (Å²) < 4.78 is 7.91. The molecule has 5 heteroatoms. The minimum atomic E-state index is 0.668. The van der Waals surface area contributed by atoms with Crippen molar-refractivity contribution in [1.29, 1.82) is 0 Å². The Labute approximate surface area is 140 Å². The first-order chi connectivity index (χ1) is 11.9. The molecule has 0 unspecified atom stereocenters. The zero-order valence-corrected chi connectivity index (χ0v) is 13.2. The van der Waals surface area contributed by atoms with Crippen LogP contribution in [0.3, 0.4) is 0 Å². The summed E-state index contributed by atoms with van der Waals surface area (Å²) in [7, 11) is 0. The van der Waals surface area contributed by atoms with Gasteiger partial charge in [-0.2, -0.15) is 0 Å². The molecule has 0 bridgehead atoms. The van der Waals surface area contributed by atoms with Crippen LogP contribution in [0, 0.1) is 0 Å². The molecule has 0 spiro atoms. The van der Waals surface area contributed by atoms with E-state index < -0.39 is 0 Å². The van der Waals surface area contributed by atoms with Crippen molar-refractivity contribution in [3.05, 3.63) is 67.3 Å². The predicted octanol–water partition coefficient (Wildman–Crippen LogP) is 3.90. The standard InChI is InChI=1S/C19H18N4O/c1-2-8-18-17(7-1)21-19(22-18)15-5-3-6-16(13-15)24-12-4-10-23-11-9-20-14-23/h1-3,5-9,11,13-14H,4,10,12H2,(H,21,22). The normalized spacial score (nSPS) is 11.0. The van der Waals surface area contributed by atoms with Gasteiger partial charge in [-0.1, -0.05) is 24.3 Å². The molecule has 0 radical (unpaired) electrons. The summed E-state index contributed by atoms with van der Waals surface area (Å²) in [5.41, 5.74) is 3.04. The van der Waals surface area contributed by atoms with E-state index in [-0.39, 0.29) is 0 Å². The summed E-state index contributed by atoms with van der Waals surface area (Å²) in [5.74, 6) is 1.72. The van der Waals surface area contributed by atoms with Crippen molar-refractivity contribution in [3.63, 3.8) is 0 Å². The Kier molecular flexibility index (Phi) is 3.98. The molecule has 2 aromatic heterocycles. The lowest BCUT2D eigenvalue weighted by Gasteiger charge is -2.07. The average Bonchev–Trinajstić information content (AvgIpc) is 3.28. The highest BCUT2D eigenvalue weighted by Crippen LogP contribution is 2.24. The fourth-order valence-electron chi connectivity index (χ4n) is 2.68. The van der Waals surface area contributed by atoms with Gasteiger partial charge in [-0.3, -0.25) is 0 Å². The Balaban J connectivity index is 1.43. The molecule has 5 nitrogen and oxygen atoms in total. The number of nitrogens with zero attached hydrogens (tertiary/aromatic N) is 3. The number of ether oxygens (including phenoxy) is 1. The summed E-state index contributed by atoms with van der Waals surface area (Å²) in [6, 6.07) is 16.1. The third-order valence-corrected chi connectivity index (χ3v) is 3.89. The lowest BCUT2D eigenvalue weighted by Crippen LogP contribution is -2.03. The number of H-pyrrole nitrogens is 1. The quantitative estimate of drug-likeness (QED) is 0.549. The van der Waals surface area contributed by atoms with Crippen LogP contribution in [0.2, 0.25) is 0 Å². The fourth-order valence-corrected chi connectivity index (χ4v) is 2.68. The van der Waals surface area contributed by atoms with E-state index >= 15 is 0 Å². The average molecular weight is 318 g/mol. The van der Waals surface area contributed by atoms with Crippen molar-refractivity contribution in [1.82, 2.24) is 19.5 Å². The summed E-state index contributed by atoms with van der Waals surface area (Å²) in [4.78, 5) is 12.0. The molecule has 0 aliphatic carbocycles. The molecule has 120 valence electrons. The number of para-hydroxylation sites is 2. The minimum Gasteiger partial charge on any atom is -0.494 e. The number of aromatic nitrogens is 4. The Hall–Kier alpha value is -3.08. The van der Waals surface area contributed by atoms with Gasteiger partial charge in [-0.05, 0) is 30.7 Å². The number of imidazole rings is 2. The first-order valence-corrected chi connectivity index (χ1v) is 8.02. The largest absolute Gasteiger partial charge is 0.494 e. The van der Waals surface area contributed by atoms with Crippen LogP contribution in [0.5, 0.6) is 5.75 Å². The molecular weight excluding hydrogens is 300 g/mol. The van der Waals surface area contributed by atoms with Crippen molar-refractivity contribution in [2.45, 2.75) is 13.0 Å². The summed E-state index contributed by atoms with van der Waals surface area (Å²) >= 11 is 0.